The molecular weight excluding hydrogens is 374 g/mol. The second-order valence-electron chi connectivity index (χ2n) is 8.28. The summed E-state index contributed by atoms with van der Waals surface area (Å²) in [5, 5.41) is 6.38. The number of aryl methyl sites for hydroxylation is 1. The molecule has 0 unspecified atom stereocenters. The summed E-state index contributed by atoms with van der Waals surface area (Å²) >= 11 is 0. The molecular formula is C22H34ClN3O2. The van der Waals surface area contributed by atoms with Crippen LogP contribution in [0.2, 0.25) is 0 Å². The van der Waals surface area contributed by atoms with Gasteiger partial charge in [-0.2, -0.15) is 0 Å². The number of carbonyl (C=O) groups is 2. The van der Waals surface area contributed by atoms with Crippen LogP contribution in [0.5, 0.6) is 0 Å². The Morgan fingerprint density at radius 1 is 1.14 bits per heavy atom. The number of likely N-dealkylation sites (tertiary alicyclic amines) is 1. The van der Waals surface area contributed by atoms with Gasteiger partial charge in [-0.1, -0.05) is 6.92 Å². The van der Waals surface area contributed by atoms with E-state index in [0.29, 0.717) is 18.3 Å². The van der Waals surface area contributed by atoms with E-state index < -0.39 is 0 Å². The molecule has 5 nitrogen and oxygen atoms in total. The second-order valence-corrected chi connectivity index (χ2v) is 8.28. The molecule has 1 aromatic rings. The molecule has 2 amide bonds. The molecule has 0 saturated carbocycles. The summed E-state index contributed by atoms with van der Waals surface area (Å²) in [6, 6.07) is 5.62. The van der Waals surface area contributed by atoms with Crippen molar-refractivity contribution in [3.63, 3.8) is 0 Å². The number of benzene rings is 1. The Bertz CT molecular complexity index is 666. The highest BCUT2D eigenvalue weighted by atomic mass is 35.5. The van der Waals surface area contributed by atoms with Crippen LogP contribution >= 0.6 is 12.4 Å². The third-order valence-corrected chi connectivity index (χ3v) is 6.06. The molecule has 2 fully saturated rings. The molecule has 3 rings (SSSR count). The highest BCUT2D eigenvalue weighted by molar-refractivity contribution is 5.96. The zero-order valence-corrected chi connectivity index (χ0v) is 17.9. The maximum Gasteiger partial charge on any atom is 0.253 e. The SMILES string of the molecule is Cc1cc(C(=O)N2CCC(C)CC2)ccc1NC(=O)CCC1CCNCC1.Cl. The molecule has 0 radical (unpaired) electrons. The van der Waals surface area contributed by atoms with Gasteiger partial charge in [-0.25, -0.2) is 0 Å². The van der Waals surface area contributed by atoms with Gasteiger partial charge in [0, 0.05) is 30.8 Å². The molecule has 6 heteroatoms. The quantitative estimate of drug-likeness (QED) is 0.775. The smallest absolute Gasteiger partial charge is 0.253 e. The minimum Gasteiger partial charge on any atom is -0.339 e. The first-order chi connectivity index (χ1) is 13.0. The van der Waals surface area contributed by atoms with Gasteiger partial charge in [0.2, 0.25) is 5.91 Å². The summed E-state index contributed by atoms with van der Waals surface area (Å²) < 4.78 is 0. The fourth-order valence-corrected chi connectivity index (χ4v) is 4.05. The lowest BCUT2D eigenvalue weighted by Crippen LogP contribution is -2.37. The molecule has 2 heterocycles. The number of rotatable bonds is 5. The first-order valence-corrected chi connectivity index (χ1v) is 10.4. The number of carbonyl (C=O) groups excluding carboxylic acids is 2. The van der Waals surface area contributed by atoms with E-state index in [0.717, 1.165) is 62.3 Å². The average molecular weight is 408 g/mol. The third-order valence-electron chi connectivity index (χ3n) is 6.06. The van der Waals surface area contributed by atoms with Crippen molar-refractivity contribution in [2.45, 2.75) is 52.4 Å². The summed E-state index contributed by atoms with van der Waals surface area (Å²) in [7, 11) is 0. The van der Waals surface area contributed by atoms with E-state index in [1.54, 1.807) is 0 Å². The van der Waals surface area contributed by atoms with Gasteiger partial charge in [0.1, 0.15) is 0 Å². The molecule has 0 atom stereocenters. The van der Waals surface area contributed by atoms with Crippen molar-refractivity contribution in [3.05, 3.63) is 29.3 Å². The standard InChI is InChI=1S/C22H33N3O2.ClH/c1-16-9-13-25(14-10-16)22(27)19-4-5-20(17(2)15-19)24-21(26)6-3-18-7-11-23-12-8-18;/h4-5,15-16,18,23H,3,6-14H2,1-2H3,(H,24,26);1H. The van der Waals surface area contributed by atoms with E-state index in [9.17, 15) is 9.59 Å². The topological polar surface area (TPSA) is 61.4 Å². The number of nitrogens with zero attached hydrogens (tertiary/aromatic N) is 1. The molecule has 2 saturated heterocycles. The summed E-state index contributed by atoms with van der Waals surface area (Å²) in [5.74, 6) is 1.54. The normalized spacial score (nSPS) is 18.4. The van der Waals surface area contributed by atoms with Crippen LogP contribution in [0.4, 0.5) is 5.69 Å². The summed E-state index contributed by atoms with van der Waals surface area (Å²) in [6.07, 6.45) is 6.01. The minimum absolute atomic E-state index is 0. The number of nitrogens with one attached hydrogen (secondary N) is 2. The molecule has 1 aromatic carbocycles. The Hall–Kier alpha value is -1.59. The van der Waals surface area contributed by atoms with Gasteiger partial charge in [-0.15, -0.1) is 12.4 Å². The maximum atomic E-state index is 12.7. The highest BCUT2D eigenvalue weighted by Crippen LogP contribution is 2.22. The predicted molar refractivity (Wildman–Crippen MR) is 116 cm³/mol. The van der Waals surface area contributed by atoms with Crippen molar-refractivity contribution < 1.29 is 9.59 Å². The van der Waals surface area contributed by atoms with E-state index in [1.807, 2.05) is 30.0 Å². The molecule has 2 N–H and O–H groups in total. The molecule has 2 aliphatic heterocycles. The van der Waals surface area contributed by atoms with Crippen molar-refractivity contribution >= 4 is 29.9 Å². The lowest BCUT2D eigenvalue weighted by Gasteiger charge is -2.30. The van der Waals surface area contributed by atoms with Crippen molar-refractivity contribution in [1.29, 1.82) is 0 Å². The Morgan fingerprint density at radius 3 is 2.46 bits per heavy atom. The first-order valence-electron chi connectivity index (χ1n) is 10.4. The lowest BCUT2D eigenvalue weighted by atomic mass is 9.93. The predicted octanol–water partition coefficient (Wildman–Crippen LogP) is 4.01. The van der Waals surface area contributed by atoms with Gasteiger partial charge in [0.15, 0.2) is 0 Å². The Morgan fingerprint density at radius 2 is 1.82 bits per heavy atom. The number of amides is 2. The monoisotopic (exact) mass is 407 g/mol. The van der Waals surface area contributed by atoms with Crippen molar-refractivity contribution in [2.24, 2.45) is 11.8 Å². The second kappa shape index (κ2) is 10.8. The molecule has 0 bridgehead atoms. The van der Waals surface area contributed by atoms with Crippen LogP contribution in [0.1, 0.15) is 61.4 Å². The van der Waals surface area contributed by atoms with Gasteiger partial charge in [-0.3, -0.25) is 9.59 Å². The zero-order chi connectivity index (χ0) is 19.2. The molecule has 2 aliphatic rings. The average Bonchev–Trinajstić information content (AvgIpc) is 2.69. The van der Waals surface area contributed by atoms with E-state index >= 15 is 0 Å². The van der Waals surface area contributed by atoms with Crippen molar-refractivity contribution in [3.8, 4) is 0 Å². The van der Waals surface area contributed by atoms with Crippen LogP contribution in [-0.4, -0.2) is 42.9 Å². The number of halogens is 1. The van der Waals surface area contributed by atoms with Gasteiger partial charge in [0.05, 0.1) is 0 Å². The minimum atomic E-state index is 0. The number of hydrogen-bond acceptors (Lipinski definition) is 3. The van der Waals surface area contributed by atoms with Crippen LogP contribution < -0.4 is 10.6 Å². The van der Waals surface area contributed by atoms with Gasteiger partial charge in [-0.05, 0) is 87.7 Å². The number of piperidine rings is 2. The summed E-state index contributed by atoms with van der Waals surface area (Å²) in [5.41, 5.74) is 2.48. The highest BCUT2D eigenvalue weighted by Gasteiger charge is 2.22. The number of hydrogen-bond donors (Lipinski definition) is 2. The first kappa shape index (κ1) is 22.7. The lowest BCUT2D eigenvalue weighted by molar-refractivity contribution is -0.116. The van der Waals surface area contributed by atoms with E-state index in [4.69, 9.17) is 0 Å². The van der Waals surface area contributed by atoms with Crippen molar-refractivity contribution in [1.82, 2.24) is 10.2 Å². The van der Waals surface area contributed by atoms with Gasteiger partial charge >= 0.3 is 0 Å². The fraction of sp³-hybridized carbons (Fsp3) is 0.636. The van der Waals surface area contributed by atoms with Crippen LogP contribution in [-0.2, 0) is 4.79 Å². The van der Waals surface area contributed by atoms with Gasteiger partial charge in [0.25, 0.3) is 5.91 Å². The Balaban J connectivity index is 0.00000280. The molecule has 0 aromatic heterocycles. The van der Waals surface area contributed by atoms with E-state index in [1.165, 1.54) is 12.8 Å². The zero-order valence-electron chi connectivity index (χ0n) is 17.1. The molecule has 0 aliphatic carbocycles. The Kier molecular flexibility index (Phi) is 8.77. The third kappa shape index (κ3) is 6.21. The maximum absolute atomic E-state index is 12.7. The summed E-state index contributed by atoms with van der Waals surface area (Å²) in [4.78, 5) is 27.0. The molecule has 28 heavy (non-hydrogen) atoms. The number of anilines is 1. The fourth-order valence-electron chi connectivity index (χ4n) is 4.05. The van der Waals surface area contributed by atoms with Gasteiger partial charge < -0.3 is 15.5 Å². The van der Waals surface area contributed by atoms with Crippen LogP contribution in [0.3, 0.4) is 0 Å². The Labute approximate surface area is 175 Å². The van der Waals surface area contributed by atoms with E-state index in [2.05, 4.69) is 17.6 Å². The molecule has 156 valence electrons. The molecule has 0 spiro atoms. The van der Waals surface area contributed by atoms with Crippen LogP contribution in [0.25, 0.3) is 0 Å². The van der Waals surface area contributed by atoms with Crippen LogP contribution in [0.15, 0.2) is 18.2 Å². The van der Waals surface area contributed by atoms with Crippen molar-refractivity contribution in [2.75, 3.05) is 31.5 Å². The van der Waals surface area contributed by atoms with Crippen LogP contribution in [0, 0.1) is 18.8 Å². The summed E-state index contributed by atoms with van der Waals surface area (Å²) in [6.45, 7) is 8.02. The largest absolute Gasteiger partial charge is 0.339 e. The van der Waals surface area contributed by atoms with E-state index in [-0.39, 0.29) is 24.2 Å².